The molecule has 0 bridgehead atoms. The van der Waals surface area contributed by atoms with Crippen LogP contribution in [0.15, 0.2) is 12.1 Å². The second-order valence-corrected chi connectivity index (χ2v) is 5.12. The molecule has 1 unspecified atom stereocenters. The van der Waals surface area contributed by atoms with Gasteiger partial charge in [-0.3, -0.25) is 14.4 Å². The van der Waals surface area contributed by atoms with Crippen molar-refractivity contribution in [1.82, 2.24) is 0 Å². The van der Waals surface area contributed by atoms with E-state index in [2.05, 4.69) is 10.6 Å². The van der Waals surface area contributed by atoms with E-state index in [1.807, 2.05) is 0 Å². The molecule has 0 aromatic heterocycles. The topological polar surface area (TPSA) is 105 Å². The average molecular weight is 310 g/mol. The smallest absolute Gasteiger partial charge is 0.303 e. The van der Waals surface area contributed by atoms with Gasteiger partial charge in [0.25, 0.3) is 5.91 Å². The number of carboxylic acids is 1. The van der Waals surface area contributed by atoms with E-state index in [4.69, 9.17) is 9.84 Å². The van der Waals surface area contributed by atoms with Gasteiger partial charge in [0, 0.05) is 18.9 Å². The molecule has 0 fully saturated rings. The van der Waals surface area contributed by atoms with Crippen molar-refractivity contribution >= 4 is 29.2 Å². The van der Waals surface area contributed by atoms with Crippen molar-refractivity contribution < 1.29 is 28.6 Å². The van der Waals surface area contributed by atoms with E-state index in [-0.39, 0.29) is 48.4 Å². The number of carbonyl (C=O) groups excluding carboxylic acids is 2. The highest BCUT2D eigenvalue weighted by molar-refractivity contribution is 5.97. The predicted octanol–water partition coefficient (Wildman–Crippen LogP) is 1.60. The fourth-order valence-corrected chi connectivity index (χ4v) is 2.09. The number of hydrogen-bond donors (Lipinski definition) is 3. The van der Waals surface area contributed by atoms with Crippen molar-refractivity contribution in [2.45, 2.75) is 19.8 Å². The Bertz CT molecular complexity index is 632. The average Bonchev–Trinajstić information content (AvgIpc) is 2.38. The first-order valence-electron chi connectivity index (χ1n) is 6.63. The number of aliphatic carboxylic acids is 1. The van der Waals surface area contributed by atoms with Crippen LogP contribution >= 0.6 is 0 Å². The number of halogens is 1. The van der Waals surface area contributed by atoms with Gasteiger partial charge < -0.3 is 20.5 Å². The maximum atomic E-state index is 13.9. The fraction of sp³-hybridized carbons (Fsp3) is 0.357. The lowest BCUT2D eigenvalue weighted by Crippen LogP contribution is -2.26. The maximum Gasteiger partial charge on any atom is 0.303 e. The third-order valence-corrected chi connectivity index (χ3v) is 3.03. The minimum Gasteiger partial charge on any atom is -0.481 e. The molecule has 0 spiro atoms. The molecule has 1 aromatic carbocycles. The Labute approximate surface area is 125 Å². The normalized spacial score (nSPS) is 14.4. The van der Waals surface area contributed by atoms with Crippen LogP contribution in [0.4, 0.5) is 15.8 Å². The minimum absolute atomic E-state index is 0.0499. The number of ether oxygens (including phenoxy) is 1. The molecule has 0 saturated carbocycles. The molecule has 118 valence electrons. The Balaban J connectivity index is 2.06. The Morgan fingerprint density at radius 2 is 2.18 bits per heavy atom. The molecule has 2 rings (SSSR count). The monoisotopic (exact) mass is 310 g/mol. The van der Waals surface area contributed by atoms with Gasteiger partial charge in [-0.1, -0.05) is 6.92 Å². The Morgan fingerprint density at radius 3 is 2.86 bits per heavy atom. The number of amides is 2. The first-order chi connectivity index (χ1) is 10.3. The number of carboxylic acid groups (broad SMARTS) is 1. The van der Waals surface area contributed by atoms with Gasteiger partial charge in [0.05, 0.1) is 11.4 Å². The molecule has 7 nitrogen and oxygen atoms in total. The quantitative estimate of drug-likeness (QED) is 0.766. The SMILES string of the molecule is CC(CC(=O)O)CC(=O)Nc1cc2c(cc1F)OCC(=O)N2. The molecular weight excluding hydrogens is 295 g/mol. The van der Waals surface area contributed by atoms with Gasteiger partial charge in [0.15, 0.2) is 12.4 Å². The van der Waals surface area contributed by atoms with Crippen molar-refractivity contribution in [3.8, 4) is 5.75 Å². The Hall–Kier alpha value is -2.64. The molecule has 2 amide bonds. The van der Waals surface area contributed by atoms with E-state index in [0.29, 0.717) is 0 Å². The van der Waals surface area contributed by atoms with Crippen molar-refractivity contribution in [2.75, 3.05) is 17.2 Å². The highest BCUT2D eigenvalue weighted by atomic mass is 19.1. The zero-order valence-electron chi connectivity index (χ0n) is 11.8. The molecule has 1 aromatic rings. The molecule has 0 aliphatic carbocycles. The van der Waals surface area contributed by atoms with E-state index >= 15 is 0 Å². The van der Waals surface area contributed by atoms with Crippen molar-refractivity contribution in [3.05, 3.63) is 17.9 Å². The first kappa shape index (κ1) is 15.7. The summed E-state index contributed by atoms with van der Waals surface area (Å²) < 4.78 is 18.9. The van der Waals surface area contributed by atoms with E-state index in [0.717, 1.165) is 6.07 Å². The van der Waals surface area contributed by atoms with Gasteiger partial charge in [-0.15, -0.1) is 0 Å². The zero-order valence-corrected chi connectivity index (χ0v) is 11.8. The van der Waals surface area contributed by atoms with Crippen molar-refractivity contribution in [1.29, 1.82) is 0 Å². The molecule has 1 atom stereocenters. The van der Waals surface area contributed by atoms with Gasteiger partial charge in [0.2, 0.25) is 5.91 Å². The predicted molar refractivity (Wildman–Crippen MR) is 75.2 cm³/mol. The van der Waals surface area contributed by atoms with Crippen molar-refractivity contribution in [3.63, 3.8) is 0 Å². The molecule has 1 aliphatic rings. The van der Waals surface area contributed by atoms with Gasteiger partial charge in [-0.25, -0.2) is 4.39 Å². The van der Waals surface area contributed by atoms with Crippen LogP contribution in [0.1, 0.15) is 19.8 Å². The largest absolute Gasteiger partial charge is 0.481 e. The van der Waals surface area contributed by atoms with Crippen LogP contribution in [0.5, 0.6) is 5.75 Å². The van der Waals surface area contributed by atoms with Crippen LogP contribution < -0.4 is 15.4 Å². The first-order valence-corrected chi connectivity index (χ1v) is 6.63. The standard InChI is InChI=1S/C14H15FN2O5/c1-7(3-14(20)21)2-12(18)16-9-5-10-11(4-8(9)15)22-6-13(19)17-10/h4-5,7H,2-3,6H2,1H3,(H,16,18)(H,17,19)(H,20,21). The lowest BCUT2D eigenvalue weighted by Gasteiger charge is -2.19. The molecule has 3 N–H and O–H groups in total. The number of nitrogens with one attached hydrogen (secondary N) is 2. The number of carbonyl (C=O) groups is 3. The zero-order chi connectivity index (χ0) is 16.3. The van der Waals surface area contributed by atoms with Gasteiger partial charge in [-0.2, -0.15) is 0 Å². The molecule has 1 aliphatic heterocycles. The molecule has 8 heteroatoms. The van der Waals surface area contributed by atoms with Crippen LogP contribution in [-0.4, -0.2) is 29.5 Å². The summed E-state index contributed by atoms with van der Waals surface area (Å²) in [6.07, 6.45) is -0.199. The molecular formula is C14H15FN2O5. The van der Waals surface area contributed by atoms with Gasteiger partial charge in [0.1, 0.15) is 5.75 Å². The molecule has 0 radical (unpaired) electrons. The van der Waals surface area contributed by atoms with E-state index < -0.39 is 17.7 Å². The van der Waals surface area contributed by atoms with Gasteiger partial charge >= 0.3 is 5.97 Å². The van der Waals surface area contributed by atoms with Crippen LogP contribution in [-0.2, 0) is 14.4 Å². The van der Waals surface area contributed by atoms with E-state index in [1.165, 1.54) is 6.07 Å². The summed E-state index contributed by atoms with van der Waals surface area (Å²) in [4.78, 5) is 33.6. The minimum atomic E-state index is -1.000. The lowest BCUT2D eigenvalue weighted by molar-refractivity contribution is -0.138. The summed E-state index contributed by atoms with van der Waals surface area (Å²) in [5.74, 6) is -2.76. The summed E-state index contributed by atoms with van der Waals surface area (Å²) in [5, 5.41) is 13.5. The van der Waals surface area contributed by atoms with Crippen LogP contribution in [0.3, 0.4) is 0 Å². The summed E-state index contributed by atoms with van der Waals surface area (Å²) in [6, 6.07) is 2.34. The van der Waals surface area contributed by atoms with Crippen LogP contribution in [0.2, 0.25) is 0 Å². The third kappa shape index (κ3) is 3.94. The number of fused-ring (bicyclic) bond motifs is 1. The second kappa shape index (κ2) is 6.42. The molecule has 1 heterocycles. The van der Waals surface area contributed by atoms with E-state index in [9.17, 15) is 18.8 Å². The number of hydrogen-bond acceptors (Lipinski definition) is 4. The highest BCUT2D eigenvalue weighted by Crippen LogP contribution is 2.33. The number of benzene rings is 1. The Kier molecular flexibility index (Phi) is 4.59. The molecule has 0 saturated heterocycles. The summed E-state index contributed by atoms with van der Waals surface area (Å²) >= 11 is 0. The summed E-state index contributed by atoms with van der Waals surface area (Å²) in [6.45, 7) is 1.43. The van der Waals surface area contributed by atoms with Crippen molar-refractivity contribution in [2.24, 2.45) is 5.92 Å². The Morgan fingerprint density at radius 1 is 1.45 bits per heavy atom. The fourth-order valence-electron chi connectivity index (χ4n) is 2.09. The van der Waals surface area contributed by atoms with Crippen LogP contribution in [0.25, 0.3) is 0 Å². The number of rotatable bonds is 5. The lowest BCUT2D eigenvalue weighted by atomic mass is 10.0. The highest BCUT2D eigenvalue weighted by Gasteiger charge is 2.20. The van der Waals surface area contributed by atoms with Gasteiger partial charge in [-0.05, 0) is 12.0 Å². The number of anilines is 2. The summed E-state index contributed by atoms with van der Waals surface area (Å²) in [7, 11) is 0. The second-order valence-electron chi connectivity index (χ2n) is 5.12. The van der Waals surface area contributed by atoms with Crippen LogP contribution in [0, 0.1) is 11.7 Å². The maximum absolute atomic E-state index is 13.9. The summed E-state index contributed by atoms with van der Waals surface area (Å²) in [5.41, 5.74) is 0.170. The third-order valence-electron chi connectivity index (χ3n) is 3.03. The molecule has 22 heavy (non-hydrogen) atoms. The van der Waals surface area contributed by atoms with E-state index in [1.54, 1.807) is 6.92 Å².